The van der Waals surface area contributed by atoms with Gasteiger partial charge in [-0.05, 0) is 45.7 Å². The highest BCUT2D eigenvalue weighted by Crippen LogP contribution is 2.48. The zero-order valence-electron chi connectivity index (χ0n) is 23.3. The summed E-state index contributed by atoms with van der Waals surface area (Å²) in [6.45, 7) is 4.23. The third-order valence-electron chi connectivity index (χ3n) is 6.74. The Hall–Kier alpha value is -3.60. The molecule has 13 nitrogen and oxygen atoms in total. The van der Waals surface area contributed by atoms with Crippen LogP contribution in [0.15, 0.2) is 36.7 Å². The maximum Gasteiger partial charge on any atom is 0.459 e. The van der Waals surface area contributed by atoms with E-state index in [1.165, 1.54) is 30.0 Å². The Bertz CT molecular complexity index is 1530. The van der Waals surface area contributed by atoms with Gasteiger partial charge in [-0.3, -0.25) is 13.9 Å². The van der Waals surface area contributed by atoms with Crippen LogP contribution in [-0.2, 0) is 23.4 Å². The number of aliphatic hydroxyl groups excluding tert-OH is 1. The lowest BCUT2D eigenvalue weighted by Crippen LogP contribution is -2.42. The Morgan fingerprint density at radius 3 is 2.76 bits per heavy atom. The number of aromatic nitrogens is 4. The van der Waals surface area contributed by atoms with Crippen molar-refractivity contribution in [2.45, 2.75) is 69.8 Å². The van der Waals surface area contributed by atoms with Crippen molar-refractivity contribution in [1.82, 2.24) is 24.6 Å². The van der Waals surface area contributed by atoms with Gasteiger partial charge < -0.3 is 24.4 Å². The van der Waals surface area contributed by atoms with Crippen molar-refractivity contribution in [2.24, 2.45) is 0 Å². The smallest absolute Gasteiger partial charge is 0.459 e. The summed E-state index contributed by atoms with van der Waals surface area (Å²) in [5.74, 6) is 2.41. The second kappa shape index (κ2) is 11.9. The fraction of sp³-hybridized carbons (Fsp3) is 0.481. The molecule has 2 aliphatic rings. The van der Waals surface area contributed by atoms with Gasteiger partial charge >= 0.3 is 13.7 Å². The lowest BCUT2D eigenvalue weighted by Gasteiger charge is -2.25. The number of esters is 1. The van der Waals surface area contributed by atoms with Gasteiger partial charge in [-0.1, -0.05) is 24.1 Å². The molecule has 2 fully saturated rings. The number of aryl methyl sites for hydroxylation is 1. The van der Waals surface area contributed by atoms with Gasteiger partial charge in [0.25, 0.3) is 0 Å². The van der Waals surface area contributed by atoms with Crippen molar-refractivity contribution < 1.29 is 37.4 Å². The summed E-state index contributed by atoms with van der Waals surface area (Å²) in [6.07, 6.45) is 4.05. The third kappa shape index (κ3) is 6.11. The van der Waals surface area contributed by atoms with E-state index in [0.29, 0.717) is 17.2 Å². The van der Waals surface area contributed by atoms with Crippen molar-refractivity contribution in [2.75, 3.05) is 18.5 Å². The number of benzene rings is 1. The summed E-state index contributed by atoms with van der Waals surface area (Å²) in [5, 5.41) is 16.8. The molecule has 0 bridgehead atoms. The average Bonchev–Trinajstić information content (AvgIpc) is 3.62. The average molecular weight is 603 g/mol. The first-order valence-electron chi connectivity index (χ1n) is 13.5. The Morgan fingerprint density at radius 1 is 1.36 bits per heavy atom. The predicted molar refractivity (Wildman–Crippen MR) is 149 cm³/mol. The summed E-state index contributed by atoms with van der Waals surface area (Å²) >= 11 is 0. The van der Waals surface area contributed by atoms with E-state index in [2.05, 4.69) is 25.4 Å². The third-order valence-corrected chi connectivity index (χ3v) is 8.38. The number of ether oxygens (including phenoxy) is 2. The van der Waals surface area contributed by atoms with Crippen LogP contribution in [0.25, 0.3) is 11.2 Å². The number of para-hydroxylation sites is 1. The van der Waals surface area contributed by atoms with Crippen LogP contribution in [0.1, 0.15) is 38.7 Å². The second-order valence-corrected chi connectivity index (χ2v) is 11.7. The van der Waals surface area contributed by atoms with Crippen LogP contribution in [-0.4, -0.2) is 73.8 Å². The number of aliphatic hydroxyl groups is 1. The molecule has 0 spiro atoms. The van der Waals surface area contributed by atoms with Gasteiger partial charge in [-0.25, -0.2) is 23.9 Å². The van der Waals surface area contributed by atoms with E-state index in [1.807, 2.05) is 5.92 Å². The number of halogens is 1. The highest BCUT2D eigenvalue weighted by molar-refractivity contribution is 7.52. The molecule has 3 N–H and O–H groups in total. The molecular formula is C27H32FN6O7P. The SMILES string of the molecule is C#C[C@@]1(F)[C@H](O)[C@@H](CO[P@@](=O)(N[C@H](C)C(=O)OCC)Oc2ccccc2)O[C@H]1n1cnc2c(NC3CC3)nc(C)nc21. The van der Waals surface area contributed by atoms with Crippen molar-refractivity contribution in [3.05, 3.63) is 42.5 Å². The number of hydrogen-bond donors (Lipinski definition) is 3. The number of hydrogen-bond acceptors (Lipinski definition) is 11. The van der Waals surface area contributed by atoms with E-state index < -0.39 is 50.5 Å². The lowest BCUT2D eigenvalue weighted by molar-refractivity contribution is -0.144. The standard InChI is InChI=1S/C27H32FN6O7P/c1-5-27(28)22(35)20(14-39-42(37,33-16(3)25(36)38-6-2)41-19-10-8-7-9-11-19)40-26(27)34-15-29-21-23(32-18-12-13-18)30-17(4)31-24(21)34/h1,7-11,15-16,18,20,22,26,35H,6,12-14H2,2-4H3,(H,33,37)(H,30,31,32)/t16-,20-,22-,26-,27-,42+/m1/s1. The minimum absolute atomic E-state index is 0.106. The van der Waals surface area contributed by atoms with Gasteiger partial charge in [0.15, 0.2) is 23.2 Å². The molecule has 0 radical (unpaired) electrons. The Balaban J connectivity index is 1.39. The van der Waals surface area contributed by atoms with E-state index in [4.69, 9.17) is 24.9 Å². The zero-order valence-corrected chi connectivity index (χ0v) is 24.2. The number of fused-ring (bicyclic) bond motifs is 1. The Morgan fingerprint density at radius 2 is 2.10 bits per heavy atom. The first kappa shape index (κ1) is 29.9. The molecule has 15 heteroatoms. The molecule has 42 heavy (non-hydrogen) atoms. The molecule has 6 atom stereocenters. The summed E-state index contributed by atoms with van der Waals surface area (Å²) in [4.78, 5) is 25.4. The molecule has 1 saturated carbocycles. The molecule has 1 aliphatic carbocycles. The number of alkyl halides is 1. The summed E-state index contributed by atoms with van der Waals surface area (Å²) in [5.41, 5.74) is -2.09. The molecule has 1 saturated heterocycles. The van der Waals surface area contributed by atoms with Crippen molar-refractivity contribution in [3.63, 3.8) is 0 Å². The molecule has 0 unspecified atom stereocenters. The second-order valence-electron chi connectivity index (χ2n) is 10.0. The molecule has 224 valence electrons. The van der Waals surface area contributed by atoms with Gasteiger partial charge in [0.05, 0.1) is 19.5 Å². The van der Waals surface area contributed by atoms with Crippen molar-refractivity contribution in [3.8, 4) is 18.1 Å². The first-order valence-corrected chi connectivity index (χ1v) is 15.0. The van der Waals surface area contributed by atoms with Crippen molar-refractivity contribution in [1.29, 1.82) is 0 Å². The Kier molecular flexibility index (Phi) is 8.50. The van der Waals surface area contributed by atoms with Crippen LogP contribution in [0.3, 0.4) is 0 Å². The quantitative estimate of drug-likeness (QED) is 0.158. The molecule has 3 aromatic rings. The molecular weight excluding hydrogens is 570 g/mol. The number of terminal acetylenes is 1. The number of rotatable bonds is 12. The van der Waals surface area contributed by atoms with Crippen LogP contribution in [0.5, 0.6) is 5.75 Å². The number of anilines is 1. The minimum Gasteiger partial charge on any atom is -0.465 e. The van der Waals surface area contributed by atoms with Crippen LogP contribution in [0.4, 0.5) is 10.2 Å². The first-order chi connectivity index (χ1) is 20.1. The Labute approximate surface area is 241 Å². The predicted octanol–water partition coefficient (Wildman–Crippen LogP) is 3.05. The van der Waals surface area contributed by atoms with Crippen LogP contribution < -0.4 is 14.9 Å². The largest absolute Gasteiger partial charge is 0.465 e. The monoisotopic (exact) mass is 602 g/mol. The number of nitrogens with one attached hydrogen (secondary N) is 2. The summed E-state index contributed by atoms with van der Waals surface area (Å²) in [7, 11) is -4.31. The maximum absolute atomic E-state index is 16.3. The topological polar surface area (TPSA) is 159 Å². The van der Waals surface area contributed by atoms with E-state index in [1.54, 1.807) is 32.0 Å². The van der Waals surface area contributed by atoms with E-state index in [0.717, 1.165) is 12.8 Å². The number of imidazole rings is 1. The van der Waals surface area contributed by atoms with E-state index in [9.17, 15) is 14.5 Å². The van der Waals surface area contributed by atoms with Crippen LogP contribution in [0.2, 0.25) is 0 Å². The molecule has 5 rings (SSSR count). The highest BCUT2D eigenvalue weighted by atomic mass is 31.2. The molecule has 1 aromatic carbocycles. The van der Waals surface area contributed by atoms with Gasteiger partial charge in [0.2, 0.25) is 5.67 Å². The zero-order chi connectivity index (χ0) is 30.1. The fourth-order valence-corrected chi connectivity index (χ4v) is 5.97. The number of nitrogens with zero attached hydrogens (tertiary/aromatic N) is 4. The maximum atomic E-state index is 16.3. The number of carbonyl (C=O) groups is 1. The molecule has 2 aromatic heterocycles. The minimum atomic E-state index is -4.31. The van der Waals surface area contributed by atoms with Crippen molar-refractivity contribution >= 4 is 30.7 Å². The number of carbonyl (C=O) groups excluding carboxylic acids is 1. The fourth-order valence-electron chi connectivity index (χ4n) is 4.47. The van der Waals surface area contributed by atoms with Crippen LogP contribution in [0, 0.1) is 19.3 Å². The van der Waals surface area contributed by atoms with Gasteiger partial charge in [0.1, 0.15) is 29.8 Å². The molecule has 1 aliphatic heterocycles. The highest BCUT2D eigenvalue weighted by Gasteiger charge is 2.58. The van der Waals surface area contributed by atoms with Crippen LogP contribution >= 0.6 is 7.75 Å². The lowest BCUT2D eigenvalue weighted by atomic mass is 9.97. The molecule has 0 amide bonds. The molecule has 3 heterocycles. The van der Waals surface area contributed by atoms with E-state index in [-0.39, 0.29) is 24.0 Å². The van der Waals surface area contributed by atoms with Gasteiger partial charge in [-0.15, -0.1) is 6.42 Å². The summed E-state index contributed by atoms with van der Waals surface area (Å²) in [6, 6.07) is 7.29. The van der Waals surface area contributed by atoms with Gasteiger partial charge in [-0.2, -0.15) is 5.09 Å². The van der Waals surface area contributed by atoms with Gasteiger partial charge in [0, 0.05) is 6.04 Å². The summed E-state index contributed by atoms with van der Waals surface area (Å²) < 4.78 is 53.4. The van der Waals surface area contributed by atoms with E-state index >= 15 is 4.39 Å². The normalized spacial score (nSPS) is 25.9.